The van der Waals surface area contributed by atoms with Crippen LogP contribution >= 0.6 is 15.9 Å². The maximum atomic E-state index is 12.3. The van der Waals surface area contributed by atoms with E-state index in [1.54, 1.807) is 24.2 Å². The van der Waals surface area contributed by atoms with Gasteiger partial charge in [-0.15, -0.1) is 0 Å². The summed E-state index contributed by atoms with van der Waals surface area (Å²) < 4.78 is 13.1. The van der Waals surface area contributed by atoms with Gasteiger partial charge in [-0.25, -0.2) is 14.8 Å². The van der Waals surface area contributed by atoms with Crippen LogP contribution in [0.2, 0.25) is 0 Å². The first-order valence-electron chi connectivity index (χ1n) is 9.59. The lowest BCUT2D eigenvalue weighted by molar-refractivity contribution is -0.142. The van der Waals surface area contributed by atoms with E-state index in [1.165, 1.54) is 0 Å². The number of ether oxygens (including phenoxy) is 2. The Balaban J connectivity index is 1.75. The second-order valence-corrected chi connectivity index (χ2v) is 8.58. The topological polar surface area (TPSA) is 89.3 Å². The molecule has 0 N–H and O–H groups in total. The van der Waals surface area contributed by atoms with Crippen molar-refractivity contribution in [3.8, 4) is 0 Å². The molecule has 1 saturated heterocycles. The van der Waals surface area contributed by atoms with Gasteiger partial charge >= 0.3 is 12.1 Å². The molecule has 0 unspecified atom stereocenters. The molecule has 3 rings (SSSR count). The summed E-state index contributed by atoms with van der Waals surface area (Å²) in [6.45, 7) is 9.99. The Kier molecular flexibility index (Phi) is 6.30. The molecule has 1 aliphatic rings. The predicted molar refractivity (Wildman–Crippen MR) is 111 cm³/mol. The number of aromatic nitrogens is 3. The van der Waals surface area contributed by atoms with Crippen LogP contribution in [0.3, 0.4) is 0 Å². The van der Waals surface area contributed by atoms with Gasteiger partial charge in [-0.2, -0.15) is 0 Å². The van der Waals surface area contributed by atoms with Gasteiger partial charge in [0.05, 0.1) is 24.9 Å². The average Bonchev–Trinajstić information content (AvgIpc) is 3.05. The van der Waals surface area contributed by atoms with E-state index >= 15 is 0 Å². The maximum absolute atomic E-state index is 12.3. The van der Waals surface area contributed by atoms with Gasteiger partial charge in [-0.3, -0.25) is 9.20 Å². The highest BCUT2D eigenvalue weighted by molar-refractivity contribution is 9.10. The second-order valence-electron chi connectivity index (χ2n) is 7.77. The molecule has 1 fully saturated rings. The number of fused-ring (bicyclic) bond motifs is 1. The minimum Gasteiger partial charge on any atom is -0.466 e. The predicted octanol–water partition coefficient (Wildman–Crippen LogP) is 2.65. The minimum atomic E-state index is -0.515. The molecule has 0 saturated carbocycles. The number of piperazine rings is 1. The van der Waals surface area contributed by atoms with Crippen LogP contribution in [-0.2, 0) is 20.7 Å². The first-order chi connectivity index (χ1) is 13.7. The number of amides is 1. The van der Waals surface area contributed by atoms with E-state index in [0.717, 1.165) is 4.60 Å². The lowest BCUT2D eigenvalue weighted by Crippen LogP contribution is -2.50. The monoisotopic (exact) mass is 467 g/mol. The van der Waals surface area contributed by atoms with Crippen LogP contribution in [0.4, 0.5) is 10.6 Å². The number of anilines is 1. The second kappa shape index (κ2) is 8.56. The molecular weight excluding hydrogens is 442 g/mol. The summed E-state index contributed by atoms with van der Waals surface area (Å²) in [5.74, 6) is 0.402. The molecule has 0 spiro atoms. The van der Waals surface area contributed by atoms with Gasteiger partial charge in [-0.1, -0.05) is 0 Å². The van der Waals surface area contributed by atoms with E-state index in [4.69, 9.17) is 9.47 Å². The summed E-state index contributed by atoms with van der Waals surface area (Å²) in [7, 11) is 0. The number of carbonyl (C=O) groups is 2. The largest absolute Gasteiger partial charge is 0.466 e. The zero-order valence-corrected chi connectivity index (χ0v) is 18.7. The molecule has 0 aliphatic carbocycles. The Morgan fingerprint density at radius 1 is 1.21 bits per heavy atom. The minimum absolute atomic E-state index is 0.105. The normalized spacial score (nSPS) is 14.9. The molecular formula is C19H26BrN5O4. The summed E-state index contributed by atoms with van der Waals surface area (Å²) in [5.41, 5.74) is 0.758. The fraction of sp³-hybridized carbons (Fsp3) is 0.579. The molecule has 10 heteroatoms. The lowest BCUT2D eigenvalue weighted by atomic mass is 10.2. The molecule has 29 heavy (non-hydrogen) atoms. The number of hydrogen-bond donors (Lipinski definition) is 0. The highest BCUT2D eigenvalue weighted by atomic mass is 79.9. The SMILES string of the molecule is CCOC(=O)Cc1cn2c(Br)cnc(N3CCN(C(=O)OC(C)(C)C)CC3)c2n1. The molecule has 0 aromatic carbocycles. The zero-order valence-electron chi connectivity index (χ0n) is 17.1. The van der Waals surface area contributed by atoms with E-state index in [0.29, 0.717) is 49.9 Å². The Labute approximate surface area is 178 Å². The molecule has 158 valence electrons. The van der Waals surface area contributed by atoms with Gasteiger partial charge in [0.25, 0.3) is 0 Å². The molecule has 1 aliphatic heterocycles. The van der Waals surface area contributed by atoms with Crippen LogP contribution in [0, 0.1) is 0 Å². The standard InChI is InChI=1S/C19H26BrN5O4/c1-5-28-15(26)10-13-12-25-14(20)11-21-16(17(25)22-13)23-6-8-24(9-7-23)18(27)29-19(2,3)4/h11-12H,5-10H2,1-4H3. The van der Waals surface area contributed by atoms with Crippen molar-refractivity contribution < 1.29 is 19.1 Å². The van der Waals surface area contributed by atoms with Crippen molar-refractivity contribution in [2.24, 2.45) is 0 Å². The molecule has 3 heterocycles. The van der Waals surface area contributed by atoms with Crippen LogP contribution in [0.5, 0.6) is 0 Å². The number of halogens is 1. The van der Waals surface area contributed by atoms with Gasteiger partial charge < -0.3 is 19.3 Å². The summed E-state index contributed by atoms with van der Waals surface area (Å²) in [6.07, 6.45) is 3.31. The van der Waals surface area contributed by atoms with Crippen molar-refractivity contribution in [3.63, 3.8) is 0 Å². The fourth-order valence-electron chi connectivity index (χ4n) is 3.08. The molecule has 0 radical (unpaired) electrons. The van der Waals surface area contributed by atoms with Crippen molar-refractivity contribution in [1.82, 2.24) is 19.3 Å². The Hall–Kier alpha value is -2.36. The van der Waals surface area contributed by atoms with Gasteiger partial charge in [0.2, 0.25) is 0 Å². The highest BCUT2D eigenvalue weighted by Gasteiger charge is 2.27. The average molecular weight is 468 g/mol. The van der Waals surface area contributed by atoms with Crippen LogP contribution < -0.4 is 4.90 Å². The van der Waals surface area contributed by atoms with Gasteiger partial charge in [0.1, 0.15) is 10.2 Å². The van der Waals surface area contributed by atoms with Crippen LogP contribution in [0.1, 0.15) is 33.4 Å². The number of esters is 1. The lowest BCUT2D eigenvalue weighted by Gasteiger charge is -2.36. The van der Waals surface area contributed by atoms with Gasteiger partial charge in [-0.05, 0) is 43.6 Å². The van der Waals surface area contributed by atoms with E-state index in [9.17, 15) is 9.59 Å². The number of hydrogen-bond acceptors (Lipinski definition) is 7. The van der Waals surface area contributed by atoms with Crippen LogP contribution in [0.15, 0.2) is 17.0 Å². The van der Waals surface area contributed by atoms with E-state index in [2.05, 4.69) is 30.8 Å². The van der Waals surface area contributed by atoms with E-state index in [1.807, 2.05) is 25.2 Å². The van der Waals surface area contributed by atoms with Crippen molar-refractivity contribution >= 4 is 39.5 Å². The van der Waals surface area contributed by atoms with E-state index in [-0.39, 0.29) is 18.5 Å². The molecule has 2 aromatic heterocycles. The third-order valence-corrected chi connectivity index (χ3v) is 4.93. The van der Waals surface area contributed by atoms with Gasteiger partial charge in [0, 0.05) is 32.4 Å². The smallest absolute Gasteiger partial charge is 0.410 e. The third kappa shape index (κ3) is 5.17. The first-order valence-corrected chi connectivity index (χ1v) is 10.4. The summed E-state index contributed by atoms with van der Waals surface area (Å²) in [6, 6.07) is 0. The molecule has 0 atom stereocenters. The van der Waals surface area contributed by atoms with Gasteiger partial charge in [0.15, 0.2) is 11.5 Å². The number of nitrogens with zero attached hydrogens (tertiary/aromatic N) is 5. The Morgan fingerprint density at radius 2 is 1.90 bits per heavy atom. The Morgan fingerprint density at radius 3 is 2.52 bits per heavy atom. The van der Waals surface area contributed by atoms with E-state index < -0.39 is 5.60 Å². The zero-order chi connectivity index (χ0) is 21.2. The maximum Gasteiger partial charge on any atom is 0.410 e. The summed E-state index contributed by atoms with van der Waals surface area (Å²) in [5, 5.41) is 0. The molecule has 2 aromatic rings. The van der Waals surface area contributed by atoms with Crippen molar-refractivity contribution in [1.29, 1.82) is 0 Å². The number of imidazole rings is 1. The fourth-order valence-corrected chi connectivity index (χ4v) is 3.45. The number of rotatable bonds is 4. The summed E-state index contributed by atoms with van der Waals surface area (Å²) >= 11 is 3.48. The summed E-state index contributed by atoms with van der Waals surface area (Å²) in [4.78, 5) is 37.0. The molecule has 9 nitrogen and oxygen atoms in total. The van der Waals surface area contributed by atoms with Crippen LogP contribution in [0.25, 0.3) is 5.65 Å². The van der Waals surface area contributed by atoms with Crippen molar-refractivity contribution in [2.45, 2.75) is 39.7 Å². The third-order valence-electron chi connectivity index (χ3n) is 4.34. The Bertz CT molecular complexity index is 900. The van der Waals surface area contributed by atoms with Crippen LogP contribution in [-0.4, -0.2) is 69.7 Å². The highest BCUT2D eigenvalue weighted by Crippen LogP contribution is 2.24. The quantitative estimate of drug-likeness (QED) is 0.638. The van der Waals surface area contributed by atoms with Crippen molar-refractivity contribution in [3.05, 3.63) is 22.7 Å². The van der Waals surface area contributed by atoms with Crippen molar-refractivity contribution in [2.75, 3.05) is 37.7 Å². The number of carbonyl (C=O) groups excluding carboxylic acids is 2. The molecule has 1 amide bonds. The molecule has 0 bridgehead atoms. The first kappa shape index (κ1) is 21.4.